The van der Waals surface area contributed by atoms with Crippen molar-refractivity contribution in [1.82, 2.24) is 15.5 Å². The fraction of sp³-hybridized carbons (Fsp3) is 0.438. The average Bonchev–Trinajstić information content (AvgIpc) is 3.03. The summed E-state index contributed by atoms with van der Waals surface area (Å²) in [5.41, 5.74) is 0.779. The molecule has 0 aliphatic rings. The van der Waals surface area contributed by atoms with Crippen LogP contribution in [-0.2, 0) is 11.2 Å². The van der Waals surface area contributed by atoms with E-state index in [1.165, 1.54) is 0 Å². The molecule has 1 aromatic heterocycles. The summed E-state index contributed by atoms with van der Waals surface area (Å²) < 4.78 is 15.7. The molecule has 0 spiro atoms. The zero-order chi connectivity index (χ0) is 16.7. The van der Waals surface area contributed by atoms with Crippen molar-refractivity contribution in [2.45, 2.75) is 26.2 Å². The van der Waals surface area contributed by atoms with Crippen LogP contribution in [0.4, 0.5) is 0 Å². The van der Waals surface area contributed by atoms with Crippen LogP contribution in [0.15, 0.2) is 22.7 Å². The number of rotatable bonds is 8. The van der Waals surface area contributed by atoms with Gasteiger partial charge >= 0.3 is 0 Å². The lowest BCUT2D eigenvalue weighted by molar-refractivity contribution is -0.121. The first-order chi connectivity index (χ1) is 11.2. The zero-order valence-corrected chi connectivity index (χ0v) is 13.6. The van der Waals surface area contributed by atoms with E-state index in [9.17, 15) is 4.79 Å². The third kappa shape index (κ3) is 4.45. The molecule has 1 amide bonds. The van der Waals surface area contributed by atoms with Gasteiger partial charge in [-0.3, -0.25) is 4.79 Å². The number of carbonyl (C=O) groups is 1. The molecule has 0 aliphatic carbocycles. The van der Waals surface area contributed by atoms with Crippen LogP contribution in [-0.4, -0.2) is 36.8 Å². The number of aryl methyl sites for hydroxylation is 1. The highest BCUT2D eigenvalue weighted by Crippen LogP contribution is 2.31. The predicted molar refractivity (Wildman–Crippen MR) is 84.5 cm³/mol. The molecular formula is C16H21N3O4. The van der Waals surface area contributed by atoms with Crippen LogP contribution >= 0.6 is 0 Å². The summed E-state index contributed by atoms with van der Waals surface area (Å²) in [5, 5.41) is 6.72. The maximum absolute atomic E-state index is 11.4. The van der Waals surface area contributed by atoms with Crippen LogP contribution in [0, 0.1) is 0 Å². The van der Waals surface area contributed by atoms with Gasteiger partial charge in [0.25, 0.3) is 0 Å². The Morgan fingerprint density at radius 2 is 2.04 bits per heavy atom. The zero-order valence-electron chi connectivity index (χ0n) is 13.6. The van der Waals surface area contributed by atoms with Gasteiger partial charge in [-0.05, 0) is 31.5 Å². The van der Waals surface area contributed by atoms with Crippen molar-refractivity contribution >= 4 is 5.91 Å². The maximum atomic E-state index is 11.4. The fourth-order valence-electron chi connectivity index (χ4n) is 2.13. The molecule has 0 unspecified atom stereocenters. The lowest BCUT2D eigenvalue weighted by Crippen LogP contribution is -2.22. The van der Waals surface area contributed by atoms with Gasteiger partial charge in [0.15, 0.2) is 11.5 Å². The number of nitrogens with zero attached hydrogens (tertiary/aromatic N) is 2. The van der Waals surface area contributed by atoms with Gasteiger partial charge in [0.2, 0.25) is 17.6 Å². The van der Waals surface area contributed by atoms with E-state index in [2.05, 4.69) is 15.5 Å². The van der Waals surface area contributed by atoms with Crippen molar-refractivity contribution in [3.63, 3.8) is 0 Å². The molecule has 0 radical (unpaired) electrons. The molecule has 1 aromatic carbocycles. The van der Waals surface area contributed by atoms with Crippen molar-refractivity contribution in [3.8, 4) is 22.9 Å². The van der Waals surface area contributed by atoms with E-state index < -0.39 is 0 Å². The molecule has 124 valence electrons. The Kier molecular flexibility index (Phi) is 5.96. The topological polar surface area (TPSA) is 86.5 Å². The Bertz CT molecular complexity index is 655. The minimum absolute atomic E-state index is 0.0344. The van der Waals surface area contributed by atoms with Crippen LogP contribution in [0.2, 0.25) is 0 Å². The number of methoxy groups -OCH3 is 2. The van der Waals surface area contributed by atoms with E-state index in [4.69, 9.17) is 14.0 Å². The molecule has 7 heteroatoms. The SMILES string of the molecule is CCNC(=O)CCCc1nc(-c2ccc(OC)c(OC)c2)no1. The molecule has 2 aromatic rings. The van der Waals surface area contributed by atoms with Gasteiger partial charge in [-0.15, -0.1) is 0 Å². The van der Waals surface area contributed by atoms with Gasteiger partial charge < -0.3 is 19.3 Å². The summed E-state index contributed by atoms with van der Waals surface area (Å²) >= 11 is 0. The standard InChI is InChI=1S/C16H21N3O4/c1-4-17-14(20)6-5-7-15-18-16(19-23-15)11-8-9-12(21-2)13(10-11)22-3/h8-10H,4-7H2,1-3H3,(H,17,20). The van der Waals surface area contributed by atoms with Gasteiger partial charge in [-0.1, -0.05) is 5.16 Å². The van der Waals surface area contributed by atoms with Crippen molar-refractivity contribution in [2.24, 2.45) is 0 Å². The van der Waals surface area contributed by atoms with Crippen LogP contribution in [0.3, 0.4) is 0 Å². The summed E-state index contributed by atoms with van der Waals surface area (Å²) in [7, 11) is 3.16. The van der Waals surface area contributed by atoms with Crippen LogP contribution in [0.5, 0.6) is 11.5 Å². The number of benzene rings is 1. The minimum Gasteiger partial charge on any atom is -0.493 e. The molecule has 23 heavy (non-hydrogen) atoms. The Hall–Kier alpha value is -2.57. The second-order valence-electron chi connectivity index (χ2n) is 4.89. The monoisotopic (exact) mass is 319 g/mol. The first-order valence-electron chi connectivity index (χ1n) is 7.49. The first kappa shape index (κ1) is 16.8. The van der Waals surface area contributed by atoms with Crippen LogP contribution < -0.4 is 14.8 Å². The second-order valence-corrected chi connectivity index (χ2v) is 4.89. The van der Waals surface area contributed by atoms with E-state index in [0.717, 1.165) is 5.56 Å². The number of aromatic nitrogens is 2. The molecule has 0 saturated carbocycles. The van der Waals surface area contributed by atoms with E-state index in [1.54, 1.807) is 26.4 Å². The summed E-state index contributed by atoms with van der Waals surface area (Å²) in [6, 6.07) is 5.42. The third-order valence-electron chi connectivity index (χ3n) is 3.28. The molecule has 0 fully saturated rings. The molecular weight excluding hydrogens is 298 g/mol. The van der Waals surface area contributed by atoms with Crippen LogP contribution in [0.25, 0.3) is 11.4 Å². The molecule has 1 heterocycles. The summed E-state index contributed by atoms with van der Waals surface area (Å²) in [6.45, 7) is 2.54. The minimum atomic E-state index is 0.0344. The van der Waals surface area contributed by atoms with Crippen molar-refractivity contribution in [1.29, 1.82) is 0 Å². The van der Waals surface area contributed by atoms with Crippen molar-refractivity contribution < 1.29 is 18.8 Å². The van der Waals surface area contributed by atoms with E-state index in [1.807, 2.05) is 13.0 Å². The van der Waals surface area contributed by atoms with Crippen LogP contribution in [0.1, 0.15) is 25.7 Å². The average molecular weight is 319 g/mol. The summed E-state index contributed by atoms with van der Waals surface area (Å²) in [6.07, 6.45) is 1.68. The summed E-state index contributed by atoms with van der Waals surface area (Å²) in [4.78, 5) is 15.7. The fourth-order valence-corrected chi connectivity index (χ4v) is 2.13. The lowest BCUT2D eigenvalue weighted by atomic mass is 10.2. The molecule has 0 saturated heterocycles. The Morgan fingerprint density at radius 1 is 1.26 bits per heavy atom. The highest BCUT2D eigenvalue weighted by molar-refractivity contribution is 5.75. The van der Waals surface area contributed by atoms with Gasteiger partial charge in [-0.25, -0.2) is 0 Å². The normalized spacial score (nSPS) is 10.4. The number of hydrogen-bond acceptors (Lipinski definition) is 6. The molecule has 2 rings (SSSR count). The second kappa shape index (κ2) is 8.17. The Morgan fingerprint density at radius 3 is 2.74 bits per heavy atom. The van der Waals surface area contributed by atoms with Gasteiger partial charge in [0, 0.05) is 24.9 Å². The first-order valence-corrected chi connectivity index (χ1v) is 7.49. The molecule has 1 N–H and O–H groups in total. The Balaban J connectivity index is 2.00. The van der Waals surface area contributed by atoms with E-state index in [-0.39, 0.29) is 5.91 Å². The van der Waals surface area contributed by atoms with Gasteiger partial charge in [0.05, 0.1) is 14.2 Å². The van der Waals surface area contributed by atoms with Gasteiger partial charge in [0.1, 0.15) is 0 Å². The highest BCUT2D eigenvalue weighted by Gasteiger charge is 2.12. The van der Waals surface area contributed by atoms with Crippen molar-refractivity contribution in [3.05, 3.63) is 24.1 Å². The third-order valence-corrected chi connectivity index (χ3v) is 3.28. The molecule has 0 aliphatic heterocycles. The number of amides is 1. The molecule has 0 bridgehead atoms. The predicted octanol–water partition coefficient (Wildman–Crippen LogP) is 2.21. The Labute approximate surface area is 135 Å². The summed E-state index contributed by atoms with van der Waals surface area (Å²) in [5.74, 6) is 2.28. The molecule has 0 atom stereocenters. The van der Waals surface area contributed by atoms with E-state index in [0.29, 0.717) is 49.0 Å². The molecule has 7 nitrogen and oxygen atoms in total. The van der Waals surface area contributed by atoms with E-state index >= 15 is 0 Å². The maximum Gasteiger partial charge on any atom is 0.226 e. The van der Waals surface area contributed by atoms with Crippen molar-refractivity contribution in [2.75, 3.05) is 20.8 Å². The number of nitrogens with one attached hydrogen (secondary N) is 1. The largest absolute Gasteiger partial charge is 0.493 e. The number of ether oxygens (including phenoxy) is 2. The lowest BCUT2D eigenvalue weighted by Gasteiger charge is -2.07. The number of hydrogen-bond donors (Lipinski definition) is 1. The quantitative estimate of drug-likeness (QED) is 0.803. The van der Waals surface area contributed by atoms with Gasteiger partial charge in [-0.2, -0.15) is 4.98 Å². The highest BCUT2D eigenvalue weighted by atomic mass is 16.5. The smallest absolute Gasteiger partial charge is 0.226 e. The number of carbonyl (C=O) groups excluding carboxylic acids is 1.